The van der Waals surface area contributed by atoms with Crippen molar-refractivity contribution in [1.82, 2.24) is 0 Å². The number of hydrogen-bond donors (Lipinski definition) is 0. The molecule has 146 valence electrons. The van der Waals surface area contributed by atoms with E-state index in [9.17, 15) is 26.7 Å². The predicted octanol–water partition coefficient (Wildman–Crippen LogP) is 6.26. The Labute approximate surface area is 153 Å². The van der Waals surface area contributed by atoms with Crippen LogP contribution in [0.3, 0.4) is 0 Å². The average Bonchev–Trinajstić information content (AvgIpc) is 2.59. The van der Waals surface area contributed by atoms with E-state index in [2.05, 4.69) is 0 Å². The molecule has 1 aliphatic rings. The van der Waals surface area contributed by atoms with E-state index in [0.717, 1.165) is 6.92 Å². The van der Waals surface area contributed by atoms with Gasteiger partial charge in [-0.3, -0.25) is 4.79 Å². The first-order valence-electron chi connectivity index (χ1n) is 8.74. The Hall–Kier alpha value is -2.18. The zero-order chi connectivity index (χ0) is 19.8. The lowest BCUT2D eigenvalue weighted by atomic mass is 9.87. The molecule has 3 rings (SSSR count). The topological polar surface area (TPSA) is 26.3 Å². The van der Waals surface area contributed by atoms with Gasteiger partial charge in [-0.2, -0.15) is 13.2 Å². The van der Waals surface area contributed by atoms with Gasteiger partial charge in [0.1, 0.15) is 5.75 Å². The molecular formula is C20H19F5O2. The summed E-state index contributed by atoms with van der Waals surface area (Å²) >= 11 is 0. The van der Waals surface area contributed by atoms with Crippen molar-refractivity contribution in [3.63, 3.8) is 0 Å². The monoisotopic (exact) mass is 386 g/mol. The maximum absolute atomic E-state index is 14.3. The zero-order valence-corrected chi connectivity index (χ0v) is 14.7. The molecule has 2 aromatic carbocycles. The average molecular weight is 386 g/mol. The normalized spacial score (nSPS) is 21.3. The number of benzene rings is 2. The second-order valence-electron chi connectivity index (χ2n) is 7.02. The number of rotatable bonds is 4. The Morgan fingerprint density at radius 3 is 2.19 bits per heavy atom. The number of fused-ring (bicyclic) bond motifs is 1. The third-order valence-electron chi connectivity index (χ3n) is 5.05. The lowest BCUT2D eigenvalue weighted by Gasteiger charge is -2.31. The molecular weight excluding hydrogens is 367 g/mol. The molecule has 0 heterocycles. The van der Waals surface area contributed by atoms with E-state index in [1.54, 1.807) is 0 Å². The maximum atomic E-state index is 14.3. The van der Waals surface area contributed by atoms with Gasteiger partial charge in [-0.25, -0.2) is 8.78 Å². The second kappa shape index (κ2) is 7.09. The van der Waals surface area contributed by atoms with E-state index >= 15 is 0 Å². The lowest BCUT2D eigenvalue weighted by molar-refractivity contribution is -0.185. The number of hydrogen-bond acceptors (Lipinski definition) is 2. The van der Waals surface area contributed by atoms with Crippen LogP contribution in [-0.2, 0) is 5.92 Å². The van der Waals surface area contributed by atoms with Crippen LogP contribution in [0, 0.1) is 5.92 Å². The van der Waals surface area contributed by atoms with E-state index in [4.69, 9.17) is 4.74 Å². The number of halogens is 5. The van der Waals surface area contributed by atoms with Gasteiger partial charge in [0, 0.05) is 12.5 Å². The molecule has 0 atom stereocenters. The van der Waals surface area contributed by atoms with Crippen molar-refractivity contribution >= 4 is 17.1 Å². The Morgan fingerprint density at radius 2 is 1.63 bits per heavy atom. The van der Waals surface area contributed by atoms with Gasteiger partial charge in [0.05, 0.1) is 17.6 Å². The molecule has 0 N–H and O–H groups in total. The summed E-state index contributed by atoms with van der Waals surface area (Å²) in [6.07, 6.45) is -4.02. The summed E-state index contributed by atoms with van der Waals surface area (Å²) in [5.41, 5.74) is -0.0584. The predicted molar refractivity (Wildman–Crippen MR) is 91.3 cm³/mol. The van der Waals surface area contributed by atoms with E-state index in [1.165, 1.54) is 30.3 Å². The first-order chi connectivity index (χ1) is 12.6. The van der Waals surface area contributed by atoms with Gasteiger partial charge in [-0.15, -0.1) is 0 Å². The molecule has 0 bridgehead atoms. The highest BCUT2D eigenvalue weighted by atomic mass is 19.4. The quantitative estimate of drug-likeness (QED) is 0.458. The summed E-state index contributed by atoms with van der Waals surface area (Å²) in [5.74, 6) is -4.65. The highest BCUT2D eigenvalue weighted by molar-refractivity contribution is 6.00. The first-order valence-corrected chi connectivity index (χ1v) is 8.74. The molecule has 0 amide bonds. The van der Waals surface area contributed by atoms with Crippen LogP contribution in [0.5, 0.6) is 5.75 Å². The van der Waals surface area contributed by atoms with Gasteiger partial charge in [0.25, 0.3) is 5.92 Å². The molecule has 2 aromatic rings. The summed E-state index contributed by atoms with van der Waals surface area (Å²) in [6.45, 7) is 0.739. The van der Waals surface area contributed by atoms with Crippen molar-refractivity contribution in [3.05, 3.63) is 41.5 Å². The minimum absolute atomic E-state index is 0.0477. The molecule has 27 heavy (non-hydrogen) atoms. The summed E-state index contributed by atoms with van der Waals surface area (Å²) in [4.78, 5) is 11.2. The summed E-state index contributed by atoms with van der Waals surface area (Å²) in [7, 11) is 0. The Kier molecular flexibility index (Phi) is 5.14. The van der Waals surface area contributed by atoms with Gasteiger partial charge >= 0.3 is 6.18 Å². The zero-order valence-electron chi connectivity index (χ0n) is 14.7. The largest absolute Gasteiger partial charge is 0.490 e. The minimum Gasteiger partial charge on any atom is -0.490 e. The standard InChI is InChI=1S/C20H19F5O2/c1-19(21,22)18-16-4-2-3-12(11-26)15(16)9-10-17(18)27-14-7-5-13(6-8-14)20(23,24)25/h2-4,9-11,13-14H,5-8H2,1H3. The van der Waals surface area contributed by atoms with Crippen molar-refractivity contribution in [2.45, 2.75) is 50.8 Å². The Bertz CT molecular complexity index is 831. The van der Waals surface area contributed by atoms with Crippen LogP contribution < -0.4 is 4.74 Å². The molecule has 0 unspecified atom stereocenters. The number of ether oxygens (including phenoxy) is 1. The molecule has 1 saturated carbocycles. The molecule has 2 nitrogen and oxygen atoms in total. The molecule has 7 heteroatoms. The number of aldehydes is 1. The van der Waals surface area contributed by atoms with Gasteiger partial charge in [-0.05, 0) is 48.6 Å². The third kappa shape index (κ3) is 4.06. The van der Waals surface area contributed by atoms with Crippen molar-refractivity contribution in [3.8, 4) is 5.75 Å². The highest BCUT2D eigenvalue weighted by Gasteiger charge is 2.42. The van der Waals surface area contributed by atoms with Gasteiger partial charge in [0.15, 0.2) is 6.29 Å². The Morgan fingerprint density at radius 1 is 0.963 bits per heavy atom. The van der Waals surface area contributed by atoms with E-state index in [1.807, 2.05) is 0 Å². The van der Waals surface area contributed by atoms with E-state index in [0.29, 0.717) is 11.7 Å². The third-order valence-corrected chi connectivity index (χ3v) is 5.05. The molecule has 0 radical (unpaired) electrons. The lowest BCUT2D eigenvalue weighted by Crippen LogP contribution is -2.32. The summed E-state index contributed by atoms with van der Waals surface area (Å²) in [6, 6.07) is 7.44. The maximum Gasteiger partial charge on any atom is 0.391 e. The van der Waals surface area contributed by atoms with Crippen LogP contribution in [0.1, 0.15) is 48.5 Å². The minimum atomic E-state index is -4.24. The molecule has 1 fully saturated rings. The van der Waals surface area contributed by atoms with E-state index < -0.39 is 24.1 Å². The second-order valence-corrected chi connectivity index (χ2v) is 7.02. The number of carbonyl (C=O) groups excluding carboxylic acids is 1. The van der Waals surface area contributed by atoms with Crippen LogP contribution in [0.25, 0.3) is 10.8 Å². The van der Waals surface area contributed by atoms with E-state index in [-0.39, 0.29) is 47.9 Å². The van der Waals surface area contributed by atoms with Crippen LogP contribution in [-0.4, -0.2) is 18.6 Å². The number of carbonyl (C=O) groups is 1. The van der Waals surface area contributed by atoms with Crippen LogP contribution >= 0.6 is 0 Å². The fourth-order valence-corrected chi connectivity index (χ4v) is 3.70. The fourth-order valence-electron chi connectivity index (χ4n) is 3.70. The van der Waals surface area contributed by atoms with Crippen molar-refractivity contribution in [2.24, 2.45) is 5.92 Å². The smallest absolute Gasteiger partial charge is 0.391 e. The molecule has 1 aliphatic carbocycles. The van der Waals surface area contributed by atoms with Gasteiger partial charge in [0.2, 0.25) is 0 Å². The SMILES string of the molecule is CC(F)(F)c1c(OC2CCC(C(F)(F)F)CC2)ccc2c(C=O)cccc12. The molecule has 0 aromatic heterocycles. The van der Waals surface area contributed by atoms with Gasteiger partial charge < -0.3 is 4.74 Å². The molecule has 0 aliphatic heterocycles. The molecule has 0 spiro atoms. The Balaban J connectivity index is 1.92. The van der Waals surface area contributed by atoms with Crippen molar-refractivity contribution in [2.75, 3.05) is 0 Å². The van der Waals surface area contributed by atoms with Crippen LogP contribution in [0.4, 0.5) is 22.0 Å². The van der Waals surface area contributed by atoms with Crippen molar-refractivity contribution in [1.29, 1.82) is 0 Å². The van der Waals surface area contributed by atoms with Crippen molar-refractivity contribution < 1.29 is 31.5 Å². The molecule has 0 saturated heterocycles. The van der Waals surface area contributed by atoms with Crippen LogP contribution in [0.2, 0.25) is 0 Å². The highest BCUT2D eigenvalue weighted by Crippen LogP contribution is 2.43. The summed E-state index contributed by atoms with van der Waals surface area (Å²) < 4.78 is 72.8. The van der Waals surface area contributed by atoms with Crippen LogP contribution in [0.15, 0.2) is 30.3 Å². The van der Waals surface area contributed by atoms with Gasteiger partial charge in [-0.1, -0.05) is 18.2 Å². The fraction of sp³-hybridized carbons (Fsp3) is 0.450. The summed E-state index contributed by atoms with van der Waals surface area (Å²) in [5, 5.41) is 0.589. The first kappa shape index (κ1) is 19.6. The number of alkyl halides is 5.